The summed E-state index contributed by atoms with van der Waals surface area (Å²) in [5.41, 5.74) is 1.02. The van der Waals surface area contributed by atoms with Crippen LogP contribution in [0.25, 0.3) is 0 Å². The third kappa shape index (κ3) is 3.01. The number of benzene rings is 1. The maximum Gasteiger partial charge on any atom is 0.119 e. The van der Waals surface area contributed by atoms with E-state index in [1.165, 1.54) is 32.1 Å². The molecule has 0 saturated heterocycles. The van der Waals surface area contributed by atoms with Gasteiger partial charge >= 0.3 is 0 Å². The van der Waals surface area contributed by atoms with Gasteiger partial charge in [-0.3, -0.25) is 0 Å². The first-order valence-corrected chi connectivity index (χ1v) is 6.71. The van der Waals surface area contributed by atoms with Crippen LogP contribution in [0.2, 0.25) is 0 Å². The lowest BCUT2D eigenvalue weighted by atomic mass is 9.75. The smallest absolute Gasteiger partial charge is 0.119 e. The van der Waals surface area contributed by atoms with Crippen LogP contribution in [0.3, 0.4) is 0 Å². The first-order valence-electron chi connectivity index (χ1n) is 6.71. The lowest BCUT2D eigenvalue weighted by Crippen LogP contribution is -2.17. The molecule has 1 aliphatic rings. The SMILES string of the molecule is OCCC(c1ccccc1O)C1CCCCC1. The minimum atomic E-state index is 0.204. The van der Waals surface area contributed by atoms with Crippen molar-refractivity contribution in [3.63, 3.8) is 0 Å². The van der Waals surface area contributed by atoms with Gasteiger partial charge in [-0.2, -0.15) is 0 Å². The summed E-state index contributed by atoms with van der Waals surface area (Å²) in [6, 6.07) is 7.59. The van der Waals surface area contributed by atoms with Crippen molar-refractivity contribution >= 4 is 0 Å². The predicted molar refractivity (Wildman–Crippen MR) is 69.1 cm³/mol. The first-order chi connectivity index (χ1) is 8.33. The van der Waals surface area contributed by atoms with Gasteiger partial charge in [0, 0.05) is 6.61 Å². The molecule has 1 unspecified atom stereocenters. The van der Waals surface area contributed by atoms with Gasteiger partial charge in [0.25, 0.3) is 0 Å². The van der Waals surface area contributed by atoms with Crippen LogP contribution in [-0.4, -0.2) is 16.8 Å². The van der Waals surface area contributed by atoms with Gasteiger partial charge in [-0.25, -0.2) is 0 Å². The third-order valence-corrected chi connectivity index (χ3v) is 4.00. The van der Waals surface area contributed by atoms with Gasteiger partial charge in [0.05, 0.1) is 0 Å². The molecule has 1 aromatic carbocycles. The van der Waals surface area contributed by atoms with Crippen LogP contribution in [0.1, 0.15) is 50.0 Å². The molecule has 1 saturated carbocycles. The maximum absolute atomic E-state index is 9.96. The van der Waals surface area contributed by atoms with E-state index >= 15 is 0 Å². The molecule has 0 amide bonds. The fraction of sp³-hybridized carbons (Fsp3) is 0.600. The zero-order chi connectivity index (χ0) is 12.1. The van der Waals surface area contributed by atoms with Crippen LogP contribution in [-0.2, 0) is 0 Å². The summed E-state index contributed by atoms with van der Waals surface area (Å²) in [7, 11) is 0. The van der Waals surface area contributed by atoms with Gasteiger partial charge in [-0.1, -0.05) is 37.5 Å². The topological polar surface area (TPSA) is 40.5 Å². The number of phenols is 1. The van der Waals surface area contributed by atoms with Crippen molar-refractivity contribution in [1.29, 1.82) is 0 Å². The minimum Gasteiger partial charge on any atom is -0.508 e. The van der Waals surface area contributed by atoms with Crippen molar-refractivity contribution in [2.75, 3.05) is 6.61 Å². The predicted octanol–water partition coefficient (Wildman–Crippen LogP) is 3.44. The highest BCUT2D eigenvalue weighted by molar-refractivity contribution is 5.35. The Hall–Kier alpha value is -1.02. The molecule has 1 fully saturated rings. The highest BCUT2D eigenvalue weighted by Crippen LogP contribution is 2.40. The van der Waals surface area contributed by atoms with Crippen molar-refractivity contribution in [3.05, 3.63) is 29.8 Å². The van der Waals surface area contributed by atoms with Crippen molar-refractivity contribution in [1.82, 2.24) is 0 Å². The molecule has 2 N–H and O–H groups in total. The van der Waals surface area contributed by atoms with Crippen LogP contribution in [0.5, 0.6) is 5.75 Å². The van der Waals surface area contributed by atoms with Crippen LogP contribution in [0, 0.1) is 5.92 Å². The number of aliphatic hydroxyl groups excluding tert-OH is 1. The largest absolute Gasteiger partial charge is 0.508 e. The summed E-state index contributed by atoms with van der Waals surface area (Å²) in [4.78, 5) is 0. The highest BCUT2D eigenvalue weighted by atomic mass is 16.3. The second-order valence-electron chi connectivity index (χ2n) is 5.08. The second-order valence-corrected chi connectivity index (χ2v) is 5.08. The number of hydrogen-bond donors (Lipinski definition) is 2. The lowest BCUT2D eigenvalue weighted by molar-refractivity contribution is 0.227. The van der Waals surface area contributed by atoms with Crippen molar-refractivity contribution < 1.29 is 10.2 Å². The molecule has 1 aromatic rings. The Labute approximate surface area is 103 Å². The molecule has 0 aliphatic heterocycles. The molecule has 0 spiro atoms. The molecule has 94 valence electrons. The Balaban J connectivity index is 2.18. The van der Waals surface area contributed by atoms with Crippen molar-refractivity contribution in [3.8, 4) is 5.75 Å². The van der Waals surface area contributed by atoms with E-state index < -0.39 is 0 Å². The van der Waals surface area contributed by atoms with Gasteiger partial charge in [-0.15, -0.1) is 0 Å². The molecule has 1 aliphatic carbocycles. The Morgan fingerprint density at radius 2 is 1.82 bits per heavy atom. The van der Waals surface area contributed by atoms with Gasteiger partial charge in [-0.05, 0) is 42.7 Å². The lowest BCUT2D eigenvalue weighted by Gasteiger charge is -2.30. The Morgan fingerprint density at radius 3 is 2.47 bits per heavy atom. The summed E-state index contributed by atoms with van der Waals surface area (Å²) in [5, 5.41) is 19.2. The zero-order valence-corrected chi connectivity index (χ0v) is 10.3. The van der Waals surface area contributed by atoms with Crippen molar-refractivity contribution in [2.45, 2.75) is 44.4 Å². The van der Waals surface area contributed by atoms with E-state index in [0.717, 1.165) is 12.0 Å². The fourth-order valence-corrected chi connectivity index (χ4v) is 3.12. The number of aromatic hydroxyl groups is 1. The summed E-state index contributed by atoms with van der Waals surface area (Å²) >= 11 is 0. The molecular weight excluding hydrogens is 212 g/mol. The third-order valence-electron chi connectivity index (χ3n) is 4.00. The number of aliphatic hydroxyl groups is 1. The highest BCUT2D eigenvalue weighted by Gasteiger charge is 2.26. The van der Waals surface area contributed by atoms with Gasteiger partial charge in [0.15, 0.2) is 0 Å². The summed E-state index contributed by atoms with van der Waals surface area (Å²) < 4.78 is 0. The molecular formula is C15H22O2. The monoisotopic (exact) mass is 234 g/mol. The molecule has 2 rings (SSSR count). The molecule has 2 heteroatoms. The number of phenolic OH excluding ortho intramolecular Hbond substituents is 1. The van der Waals surface area contributed by atoms with Gasteiger partial charge < -0.3 is 10.2 Å². The van der Waals surface area contributed by atoms with E-state index in [-0.39, 0.29) is 6.61 Å². The standard InChI is InChI=1S/C15H22O2/c16-11-10-13(12-6-2-1-3-7-12)14-8-4-5-9-15(14)17/h4-5,8-9,12-13,16-17H,1-3,6-7,10-11H2. The van der Waals surface area contributed by atoms with E-state index in [0.29, 0.717) is 17.6 Å². The summed E-state index contributed by atoms with van der Waals surface area (Å²) in [6.45, 7) is 0.204. The quantitative estimate of drug-likeness (QED) is 0.837. The van der Waals surface area contributed by atoms with Crippen LogP contribution < -0.4 is 0 Å². The van der Waals surface area contributed by atoms with Crippen LogP contribution in [0.15, 0.2) is 24.3 Å². The number of para-hydroxylation sites is 1. The zero-order valence-electron chi connectivity index (χ0n) is 10.3. The molecule has 17 heavy (non-hydrogen) atoms. The number of hydrogen-bond acceptors (Lipinski definition) is 2. The Morgan fingerprint density at radius 1 is 1.12 bits per heavy atom. The maximum atomic E-state index is 9.96. The molecule has 0 bridgehead atoms. The minimum absolute atomic E-state index is 0.204. The molecule has 0 heterocycles. The van der Waals surface area contributed by atoms with E-state index in [2.05, 4.69) is 0 Å². The fourth-order valence-electron chi connectivity index (χ4n) is 3.12. The molecule has 0 aromatic heterocycles. The van der Waals surface area contributed by atoms with Crippen molar-refractivity contribution in [2.24, 2.45) is 5.92 Å². The van der Waals surface area contributed by atoms with E-state index in [9.17, 15) is 10.2 Å². The van der Waals surface area contributed by atoms with E-state index in [1.54, 1.807) is 6.07 Å². The summed E-state index contributed by atoms with van der Waals surface area (Å²) in [5.74, 6) is 1.34. The second kappa shape index (κ2) is 6.06. The first kappa shape index (κ1) is 12.4. The average molecular weight is 234 g/mol. The molecule has 2 nitrogen and oxygen atoms in total. The van der Waals surface area contributed by atoms with Crippen LogP contribution >= 0.6 is 0 Å². The van der Waals surface area contributed by atoms with E-state index in [4.69, 9.17) is 0 Å². The average Bonchev–Trinajstić information content (AvgIpc) is 2.38. The Kier molecular flexibility index (Phi) is 4.43. The van der Waals surface area contributed by atoms with Gasteiger partial charge in [0.2, 0.25) is 0 Å². The van der Waals surface area contributed by atoms with Gasteiger partial charge in [0.1, 0.15) is 5.75 Å². The summed E-state index contributed by atoms with van der Waals surface area (Å²) in [6.07, 6.45) is 7.16. The molecule has 0 radical (unpaired) electrons. The van der Waals surface area contributed by atoms with Crippen LogP contribution in [0.4, 0.5) is 0 Å². The van der Waals surface area contributed by atoms with E-state index in [1.807, 2.05) is 18.2 Å². The number of rotatable bonds is 4. The Bertz CT molecular complexity index is 343. The normalized spacial score (nSPS) is 19.1. The molecule has 1 atom stereocenters.